The van der Waals surface area contributed by atoms with E-state index in [-0.39, 0.29) is 12.7 Å². The second-order valence-electron chi connectivity index (χ2n) is 6.64. The number of hydrogen-bond donors (Lipinski definition) is 1. The molecule has 1 fully saturated rings. The van der Waals surface area contributed by atoms with Crippen LogP contribution in [0.4, 0.5) is 0 Å². The Morgan fingerprint density at radius 2 is 2.07 bits per heavy atom. The first-order valence-corrected chi connectivity index (χ1v) is 10.0. The number of aromatic nitrogens is 1. The van der Waals surface area contributed by atoms with Crippen molar-refractivity contribution in [1.82, 2.24) is 10.3 Å². The van der Waals surface area contributed by atoms with E-state index < -0.39 is 0 Å². The van der Waals surface area contributed by atoms with Gasteiger partial charge in [0.15, 0.2) is 16.7 Å². The predicted molar refractivity (Wildman–Crippen MR) is 114 cm³/mol. The van der Waals surface area contributed by atoms with Gasteiger partial charge in [-0.05, 0) is 65.7 Å². The molecule has 3 aromatic rings. The molecule has 1 saturated heterocycles. The lowest BCUT2D eigenvalue weighted by atomic mass is 10.1. The van der Waals surface area contributed by atoms with Crippen molar-refractivity contribution in [3.8, 4) is 11.5 Å². The van der Waals surface area contributed by atoms with Gasteiger partial charge in [0, 0.05) is 18.1 Å². The van der Waals surface area contributed by atoms with Gasteiger partial charge in [0.05, 0.1) is 10.4 Å². The summed E-state index contributed by atoms with van der Waals surface area (Å²) in [5, 5.41) is 4.51. The second-order valence-corrected chi connectivity index (χ2v) is 7.68. The quantitative estimate of drug-likeness (QED) is 0.672. The Balaban J connectivity index is 1.26. The molecule has 1 aromatic heterocycles. The maximum absolute atomic E-state index is 12.3. The number of nitrogens with zero attached hydrogens (tertiary/aromatic N) is 2. The van der Waals surface area contributed by atoms with Crippen molar-refractivity contribution in [2.75, 3.05) is 13.3 Å². The van der Waals surface area contributed by atoms with Gasteiger partial charge in [0.2, 0.25) is 6.79 Å². The number of thioether (sulfide) groups is 1. The van der Waals surface area contributed by atoms with E-state index in [1.807, 2.05) is 54.6 Å². The Kier molecular flexibility index (Phi) is 4.65. The van der Waals surface area contributed by atoms with Crippen molar-refractivity contribution < 1.29 is 14.3 Å². The van der Waals surface area contributed by atoms with Gasteiger partial charge in [-0.25, -0.2) is 0 Å². The molecule has 2 aliphatic rings. The number of carbonyl (C=O) groups is 1. The molecule has 0 bridgehead atoms. The molecular formula is C22H17N3O3S. The first kappa shape index (κ1) is 17.8. The van der Waals surface area contributed by atoms with Crippen LogP contribution >= 0.6 is 11.8 Å². The largest absolute Gasteiger partial charge is 0.454 e. The van der Waals surface area contributed by atoms with Gasteiger partial charge in [0.25, 0.3) is 5.91 Å². The number of amidine groups is 1. The molecule has 3 heterocycles. The highest BCUT2D eigenvalue weighted by molar-refractivity contribution is 8.18. The molecule has 0 aliphatic carbocycles. The number of aliphatic imine (C=N–C) groups is 1. The number of hydrogen-bond acceptors (Lipinski definition) is 6. The van der Waals surface area contributed by atoms with Gasteiger partial charge in [-0.3, -0.25) is 14.8 Å². The van der Waals surface area contributed by atoms with Crippen LogP contribution in [0.25, 0.3) is 17.0 Å². The van der Waals surface area contributed by atoms with Crippen molar-refractivity contribution >= 4 is 39.8 Å². The molecule has 1 N–H and O–H groups in total. The monoisotopic (exact) mass is 403 g/mol. The van der Waals surface area contributed by atoms with Gasteiger partial charge in [-0.2, -0.15) is 0 Å². The van der Waals surface area contributed by atoms with Crippen molar-refractivity contribution in [3.05, 3.63) is 70.8 Å². The average Bonchev–Trinajstić information content (AvgIpc) is 3.34. The van der Waals surface area contributed by atoms with Gasteiger partial charge in [-0.15, -0.1) is 0 Å². The topological polar surface area (TPSA) is 72.8 Å². The maximum atomic E-state index is 12.3. The molecule has 144 valence electrons. The molecule has 7 heteroatoms. The molecule has 0 atom stereocenters. The highest BCUT2D eigenvalue weighted by Gasteiger charge is 2.23. The molecule has 0 unspecified atom stereocenters. The Bertz CT molecular complexity index is 1170. The van der Waals surface area contributed by atoms with Crippen LogP contribution < -0.4 is 14.8 Å². The summed E-state index contributed by atoms with van der Waals surface area (Å²) in [5.41, 5.74) is 3.02. The highest BCUT2D eigenvalue weighted by Crippen LogP contribution is 2.32. The van der Waals surface area contributed by atoms with Gasteiger partial charge >= 0.3 is 0 Å². The van der Waals surface area contributed by atoms with E-state index >= 15 is 0 Å². The molecule has 2 aromatic carbocycles. The van der Waals surface area contributed by atoms with Gasteiger partial charge in [-0.1, -0.05) is 18.2 Å². The summed E-state index contributed by atoms with van der Waals surface area (Å²) in [6.45, 7) is 0.851. The van der Waals surface area contributed by atoms with E-state index in [1.165, 1.54) is 11.8 Å². The number of amides is 1. The van der Waals surface area contributed by atoms with Crippen LogP contribution in [0.3, 0.4) is 0 Å². The molecular weight excluding hydrogens is 386 g/mol. The fourth-order valence-corrected chi connectivity index (χ4v) is 4.07. The fourth-order valence-electron chi connectivity index (χ4n) is 3.22. The van der Waals surface area contributed by atoms with Crippen molar-refractivity contribution in [1.29, 1.82) is 0 Å². The van der Waals surface area contributed by atoms with Crippen LogP contribution in [0.1, 0.15) is 11.1 Å². The molecule has 2 aliphatic heterocycles. The van der Waals surface area contributed by atoms with Crippen molar-refractivity contribution in [2.45, 2.75) is 6.42 Å². The SMILES string of the molecule is O=C1NC(=NCCc2ccc3c(c2)OCO3)S/C1=C\c1ccc2ncccc2c1. The number of ether oxygens (including phenoxy) is 2. The van der Waals surface area contributed by atoms with Crippen LogP contribution in [0, 0.1) is 0 Å². The summed E-state index contributed by atoms with van der Waals surface area (Å²) in [6, 6.07) is 15.8. The zero-order valence-electron chi connectivity index (χ0n) is 15.4. The molecule has 0 radical (unpaired) electrons. The first-order valence-electron chi connectivity index (χ1n) is 9.23. The van der Waals surface area contributed by atoms with Gasteiger partial charge < -0.3 is 14.8 Å². The molecule has 0 saturated carbocycles. The van der Waals surface area contributed by atoms with Crippen LogP contribution in [0.15, 0.2) is 64.6 Å². The average molecular weight is 403 g/mol. The van der Waals surface area contributed by atoms with E-state index in [2.05, 4.69) is 15.3 Å². The maximum Gasteiger partial charge on any atom is 0.264 e. The van der Waals surface area contributed by atoms with Crippen LogP contribution in [-0.4, -0.2) is 29.4 Å². The molecule has 5 rings (SSSR count). The summed E-state index contributed by atoms with van der Waals surface area (Å²) in [4.78, 5) is 21.8. The lowest BCUT2D eigenvalue weighted by molar-refractivity contribution is -0.115. The van der Waals surface area contributed by atoms with E-state index in [1.54, 1.807) is 6.20 Å². The zero-order valence-corrected chi connectivity index (χ0v) is 16.2. The Morgan fingerprint density at radius 1 is 1.14 bits per heavy atom. The summed E-state index contributed by atoms with van der Waals surface area (Å²) in [5.74, 6) is 1.43. The number of fused-ring (bicyclic) bond motifs is 2. The third kappa shape index (κ3) is 3.82. The minimum absolute atomic E-state index is 0.122. The second kappa shape index (κ2) is 7.60. The highest BCUT2D eigenvalue weighted by atomic mass is 32.2. The molecule has 29 heavy (non-hydrogen) atoms. The van der Waals surface area contributed by atoms with Crippen LogP contribution in [-0.2, 0) is 11.2 Å². The summed E-state index contributed by atoms with van der Waals surface area (Å²) in [7, 11) is 0. The number of nitrogens with one attached hydrogen (secondary N) is 1. The lowest BCUT2D eigenvalue weighted by Gasteiger charge is -2.01. The Morgan fingerprint density at radius 3 is 3.03 bits per heavy atom. The minimum Gasteiger partial charge on any atom is -0.454 e. The summed E-state index contributed by atoms with van der Waals surface area (Å²) < 4.78 is 10.7. The standard InChI is InChI=1S/C22H17N3O3S/c26-21-20(12-15-3-5-17-16(10-15)2-1-8-23-17)29-22(25-21)24-9-7-14-4-6-18-19(11-14)28-13-27-18/h1-6,8,10-12H,7,9,13H2,(H,24,25,26)/b20-12-. The number of rotatable bonds is 4. The number of carbonyl (C=O) groups excluding carboxylic acids is 1. The number of benzene rings is 2. The Hall–Kier alpha value is -3.32. The number of pyridine rings is 1. The Labute approximate surface area is 171 Å². The summed E-state index contributed by atoms with van der Waals surface area (Å²) >= 11 is 1.36. The predicted octanol–water partition coefficient (Wildman–Crippen LogP) is 3.77. The fraction of sp³-hybridized carbons (Fsp3) is 0.136. The molecule has 1 amide bonds. The minimum atomic E-state index is -0.122. The lowest BCUT2D eigenvalue weighted by Crippen LogP contribution is -2.20. The third-order valence-corrected chi connectivity index (χ3v) is 5.62. The third-order valence-electron chi connectivity index (χ3n) is 4.67. The van der Waals surface area contributed by atoms with Crippen molar-refractivity contribution in [2.24, 2.45) is 4.99 Å². The van der Waals surface area contributed by atoms with E-state index in [9.17, 15) is 4.79 Å². The van der Waals surface area contributed by atoms with Crippen molar-refractivity contribution in [3.63, 3.8) is 0 Å². The van der Waals surface area contributed by atoms with E-state index in [4.69, 9.17) is 9.47 Å². The van der Waals surface area contributed by atoms with Crippen LogP contribution in [0.2, 0.25) is 0 Å². The first-order chi connectivity index (χ1) is 14.2. The van der Waals surface area contributed by atoms with Gasteiger partial charge in [0.1, 0.15) is 0 Å². The molecule has 0 spiro atoms. The normalized spacial score (nSPS) is 18.0. The summed E-state index contributed by atoms with van der Waals surface area (Å²) in [6.07, 6.45) is 4.41. The smallest absolute Gasteiger partial charge is 0.264 e. The van der Waals surface area contributed by atoms with E-state index in [0.717, 1.165) is 39.9 Å². The van der Waals surface area contributed by atoms with Crippen LogP contribution in [0.5, 0.6) is 11.5 Å². The van der Waals surface area contributed by atoms with E-state index in [0.29, 0.717) is 16.6 Å². The zero-order chi connectivity index (χ0) is 19.6. The molecule has 6 nitrogen and oxygen atoms in total.